The van der Waals surface area contributed by atoms with Crippen LogP contribution in [0.5, 0.6) is 0 Å². The van der Waals surface area contributed by atoms with Crippen LogP contribution in [0.3, 0.4) is 0 Å². The summed E-state index contributed by atoms with van der Waals surface area (Å²) in [6.07, 6.45) is 7.14. The third-order valence-electron chi connectivity index (χ3n) is 3.98. The average molecular weight is 316 g/mol. The van der Waals surface area contributed by atoms with Gasteiger partial charge in [-0.25, -0.2) is 0 Å². The van der Waals surface area contributed by atoms with Gasteiger partial charge in [-0.15, -0.1) is 0 Å². The first-order valence-electron chi connectivity index (χ1n) is 8.70. The minimum atomic E-state index is 0.349. The van der Waals surface area contributed by atoms with Crippen molar-refractivity contribution in [3.63, 3.8) is 0 Å². The Kier molecular flexibility index (Phi) is 7.22. The molecule has 23 heavy (non-hydrogen) atoms. The fraction of sp³-hybridized carbons (Fsp3) is 0.632. The zero-order valence-corrected chi connectivity index (χ0v) is 14.7. The fourth-order valence-corrected chi connectivity index (χ4v) is 2.97. The number of rotatable bonds is 7. The summed E-state index contributed by atoms with van der Waals surface area (Å²) in [6, 6.07) is 0. The van der Waals surface area contributed by atoms with Crippen molar-refractivity contribution in [1.29, 1.82) is 0 Å². The van der Waals surface area contributed by atoms with Gasteiger partial charge in [0.15, 0.2) is 6.61 Å². The zero-order chi connectivity index (χ0) is 16.5. The summed E-state index contributed by atoms with van der Waals surface area (Å²) in [7, 11) is 0. The Morgan fingerprint density at radius 2 is 2.00 bits per heavy atom. The van der Waals surface area contributed by atoms with Crippen LogP contribution in [-0.4, -0.2) is 36.9 Å². The van der Waals surface area contributed by atoms with Gasteiger partial charge in [-0.1, -0.05) is 30.8 Å². The normalized spacial score (nSPS) is 15.4. The Labute approximate surface area is 139 Å². The lowest BCUT2D eigenvalue weighted by Crippen LogP contribution is -2.25. The first-order chi connectivity index (χ1) is 11.3. The van der Waals surface area contributed by atoms with Gasteiger partial charge in [0.05, 0.1) is 18.5 Å². The largest absolute Gasteiger partial charge is 0.468 e. The highest BCUT2D eigenvalue weighted by molar-refractivity contribution is 6.03. The Balaban J connectivity index is 1.82. The van der Waals surface area contributed by atoms with Crippen LogP contribution in [0.4, 0.5) is 0 Å². The van der Waals surface area contributed by atoms with Crippen molar-refractivity contribution in [3.05, 3.63) is 23.2 Å². The molecule has 1 heterocycles. The molecule has 0 aromatic carbocycles. The molecule has 2 rings (SSSR count). The van der Waals surface area contributed by atoms with Crippen LogP contribution >= 0.6 is 0 Å². The highest BCUT2D eigenvalue weighted by Crippen LogP contribution is 2.26. The molecule has 0 radical (unpaired) electrons. The van der Waals surface area contributed by atoms with Gasteiger partial charge in [0.25, 0.3) is 0 Å². The van der Waals surface area contributed by atoms with Gasteiger partial charge in [0, 0.05) is 12.0 Å². The maximum absolute atomic E-state index is 5.56. The number of nitrogens with zero attached hydrogens (tertiary/aromatic N) is 2. The van der Waals surface area contributed by atoms with Gasteiger partial charge < -0.3 is 9.25 Å². The number of oxime groups is 1. The number of furan rings is 1. The molecule has 0 saturated carbocycles. The van der Waals surface area contributed by atoms with Crippen molar-refractivity contribution in [2.24, 2.45) is 5.16 Å². The van der Waals surface area contributed by atoms with Crippen molar-refractivity contribution < 1.29 is 9.25 Å². The molecule has 1 aliphatic rings. The van der Waals surface area contributed by atoms with Crippen LogP contribution in [0.1, 0.15) is 56.4 Å². The SMILES string of the molecule is CCCN(CC#CCO/N=C1\CCCc2occ(C)c21)CCC. The van der Waals surface area contributed by atoms with E-state index in [9.17, 15) is 0 Å². The van der Waals surface area contributed by atoms with E-state index in [1.54, 1.807) is 6.26 Å². The minimum absolute atomic E-state index is 0.349. The Morgan fingerprint density at radius 1 is 1.22 bits per heavy atom. The van der Waals surface area contributed by atoms with E-state index >= 15 is 0 Å². The molecular formula is C19H28N2O2. The van der Waals surface area contributed by atoms with Gasteiger partial charge >= 0.3 is 0 Å². The predicted octanol–water partition coefficient (Wildman–Crippen LogP) is 3.77. The number of fused-ring (bicyclic) bond motifs is 1. The molecule has 0 fully saturated rings. The molecule has 1 aromatic heterocycles. The summed E-state index contributed by atoms with van der Waals surface area (Å²) in [5, 5.41) is 4.29. The van der Waals surface area contributed by atoms with Crippen LogP contribution in [-0.2, 0) is 11.3 Å². The third kappa shape index (κ3) is 5.14. The smallest absolute Gasteiger partial charge is 0.177 e. The third-order valence-corrected chi connectivity index (χ3v) is 3.98. The van der Waals surface area contributed by atoms with Gasteiger partial charge in [-0.2, -0.15) is 0 Å². The molecule has 0 amide bonds. The van der Waals surface area contributed by atoms with E-state index in [4.69, 9.17) is 9.25 Å². The summed E-state index contributed by atoms with van der Waals surface area (Å²) in [6.45, 7) is 9.83. The molecule has 1 aliphatic carbocycles. The summed E-state index contributed by atoms with van der Waals surface area (Å²) >= 11 is 0. The number of hydrogen-bond acceptors (Lipinski definition) is 4. The first-order valence-corrected chi connectivity index (χ1v) is 8.70. The van der Waals surface area contributed by atoms with E-state index in [-0.39, 0.29) is 0 Å². The molecule has 4 nitrogen and oxygen atoms in total. The molecule has 1 aromatic rings. The van der Waals surface area contributed by atoms with Gasteiger partial charge in [-0.05, 0) is 51.3 Å². The van der Waals surface area contributed by atoms with E-state index < -0.39 is 0 Å². The standard InChI is InChI=1S/C19H28N2O2/c1-4-11-21(12-5-2)13-6-7-14-23-20-17-9-8-10-18-19(17)16(3)15-22-18/h15H,4-5,8-14H2,1-3H3/b20-17+. The van der Waals surface area contributed by atoms with E-state index in [0.717, 1.165) is 74.3 Å². The molecule has 0 aliphatic heterocycles. The molecule has 0 spiro atoms. The minimum Gasteiger partial charge on any atom is -0.468 e. The average Bonchev–Trinajstić information content (AvgIpc) is 2.93. The van der Waals surface area contributed by atoms with E-state index in [1.807, 2.05) is 0 Å². The first kappa shape index (κ1) is 17.6. The van der Waals surface area contributed by atoms with Gasteiger partial charge in [0.2, 0.25) is 0 Å². The van der Waals surface area contributed by atoms with Gasteiger partial charge in [-0.3, -0.25) is 4.90 Å². The van der Waals surface area contributed by atoms with Crippen molar-refractivity contribution >= 4 is 5.71 Å². The molecule has 0 atom stereocenters. The van der Waals surface area contributed by atoms with Crippen LogP contribution in [0.15, 0.2) is 15.8 Å². The maximum atomic E-state index is 5.56. The van der Waals surface area contributed by atoms with Crippen LogP contribution in [0.2, 0.25) is 0 Å². The lowest BCUT2D eigenvalue weighted by Gasteiger charge is -2.17. The van der Waals surface area contributed by atoms with Crippen LogP contribution in [0.25, 0.3) is 0 Å². The Morgan fingerprint density at radius 3 is 2.74 bits per heavy atom. The Hall–Kier alpha value is -1.73. The zero-order valence-electron chi connectivity index (χ0n) is 14.7. The topological polar surface area (TPSA) is 38.0 Å². The molecule has 4 heteroatoms. The lowest BCUT2D eigenvalue weighted by molar-refractivity contribution is 0.178. The van der Waals surface area contributed by atoms with Gasteiger partial charge in [0.1, 0.15) is 5.76 Å². The van der Waals surface area contributed by atoms with E-state index in [1.165, 1.54) is 0 Å². The van der Waals surface area contributed by atoms with Crippen LogP contribution < -0.4 is 0 Å². The van der Waals surface area contributed by atoms with Crippen molar-refractivity contribution in [2.45, 2.75) is 52.9 Å². The number of aryl methyl sites for hydroxylation is 2. The summed E-state index contributed by atoms with van der Waals surface area (Å²) < 4.78 is 5.56. The summed E-state index contributed by atoms with van der Waals surface area (Å²) in [4.78, 5) is 7.79. The highest BCUT2D eigenvalue weighted by atomic mass is 16.6. The Bertz CT molecular complexity index is 572. The highest BCUT2D eigenvalue weighted by Gasteiger charge is 2.21. The van der Waals surface area contributed by atoms with Crippen LogP contribution in [0, 0.1) is 18.8 Å². The molecule has 0 saturated heterocycles. The van der Waals surface area contributed by atoms with E-state index in [0.29, 0.717) is 6.61 Å². The molecular weight excluding hydrogens is 288 g/mol. The summed E-state index contributed by atoms with van der Waals surface area (Å²) in [5.74, 6) is 7.28. The summed E-state index contributed by atoms with van der Waals surface area (Å²) in [5.41, 5.74) is 3.28. The molecule has 126 valence electrons. The van der Waals surface area contributed by atoms with Crippen molar-refractivity contribution in [1.82, 2.24) is 4.90 Å². The molecule has 0 unspecified atom stereocenters. The fourth-order valence-electron chi connectivity index (χ4n) is 2.97. The predicted molar refractivity (Wildman–Crippen MR) is 93.7 cm³/mol. The maximum Gasteiger partial charge on any atom is 0.177 e. The number of hydrogen-bond donors (Lipinski definition) is 0. The monoisotopic (exact) mass is 316 g/mol. The molecule has 0 bridgehead atoms. The quantitative estimate of drug-likeness (QED) is 0.436. The van der Waals surface area contributed by atoms with Crippen molar-refractivity contribution in [2.75, 3.05) is 26.2 Å². The second-order valence-corrected chi connectivity index (χ2v) is 6.01. The van der Waals surface area contributed by atoms with Crippen molar-refractivity contribution in [3.8, 4) is 11.8 Å². The second-order valence-electron chi connectivity index (χ2n) is 6.01. The molecule has 0 N–H and O–H groups in total. The second kappa shape index (κ2) is 9.42. The lowest BCUT2D eigenvalue weighted by atomic mass is 9.94. The van der Waals surface area contributed by atoms with E-state index in [2.05, 4.69) is 42.7 Å².